The molecule has 0 aliphatic carbocycles. The Bertz CT molecular complexity index is 541. The molecule has 0 unspecified atom stereocenters. The predicted octanol–water partition coefficient (Wildman–Crippen LogP) is 2.47. The molecule has 140 valence electrons. The summed E-state index contributed by atoms with van der Waals surface area (Å²) in [6, 6.07) is 4.34. The van der Waals surface area contributed by atoms with E-state index in [1.807, 2.05) is 23.2 Å². The van der Waals surface area contributed by atoms with E-state index in [0.29, 0.717) is 12.5 Å². The Labute approximate surface area is 154 Å². The van der Waals surface area contributed by atoms with Crippen LogP contribution in [0, 0.1) is 11.3 Å². The zero-order valence-electron chi connectivity index (χ0n) is 15.4. The van der Waals surface area contributed by atoms with Crippen molar-refractivity contribution in [1.82, 2.24) is 9.80 Å². The van der Waals surface area contributed by atoms with Gasteiger partial charge in [0, 0.05) is 57.2 Å². The van der Waals surface area contributed by atoms with Gasteiger partial charge < -0.3 is 14.4 Å². The standard InChI is InChI=1S/C19H30N2O3S/c1-3-24-14-18(22)21-8-6-19(7-9-21)15-20(11-16(19)13-23-2)12-17-5-4-10-25-17/h4-5,10,16H,3,6-9,11-15H2,1-2H3/t16-/m0/s1. The van der Waals surface area contributed by atoms with Crippen LogP contribution < -0.4 is 0 Å². The number of nitrogens with zero attached hydrogens (tertiary/aromatic N) is 2. The molecular weight excluding hydrogens is 336 g/mol. The van der Waals surface area contributed by atoms with Crippen molar-refractivity contribution >= 4 is 17.2 Å². The number of thiophene rings is 1. The molecule has 1 atom stereocenters. The highest BCUT2D eigenvalue weighted by Crippen LogP contribution is 2.45. The number of methoxy groups -OCH3 is 1. The van der Waals surface area contributed by atoms with Crippen molar-refractivity contribution in [3.05, 3.63) is 22.4 Å². The van der Waals surface area contributed by atoms with Crippen molar-refractivity contribution in [3.63, 3.8) is 0 Å². The molecule has 1 aromatic heterocycles. The van der Waals surface area contributed by atoms with Gasteiger partial charge in [0.2, 0.25) is 5.91 Å². The summed E-state index contributed by atoms with van der Waals surface area (Å²) < 4.78 is 10.8. The first-order valence-electron chi connectivity index (χ1n) is 9.26. The van der Waals surface area contributed by atoms with Gasteiger partial charge in [-0.05, 0) is 36.6 Å². The number of piperidine rings is 1. The SMILES string of the molecule is CCOCC(=O)N1CCC2(CC1)CN(Cc1cccs1)C[C@H]2COC. The van der Waals surface area contributed by atoms with Gasteiger partial charge in [-0.15, -0.1) is 11.3 Å². The normalized spacial score (nSPS) is 23.4. The summed E-state index contributed by atoms with van der Waals surface area (Å²) in [6.07, 6.45) is 2.14. The number of rotatable bonds is 7. The molecule has 1 aromatic rings. The lowest BCUT2D eigenvalue weighted by atomic mass is 9.71. The van der Waals surface area contributed by atoms with Crippen LogP contribution >= 0.6 is 11.3 Å². The third-order valence-electron chi connectivity index (χ3n) is 5.75. The summed E-state index contributed by atoms with van der Waals surface area (Å²) in [5.74, 6) is 0.690. The number of carbonyl (C=O) groups is 1. The van der Waals surface area contributed by atoms with Crippen LogP contribution in [-0.2, 0) is 20.8 Å². The van der Waals surface area contributed by atoms with Gasteiger partial charge in [0.05, 0.1) is 6.61 Å². The predicted molar refractivity (Wildman–Crippen MR) is 99.7 cm³/mol. The third-order valence-corrected chi connectivity index (χ3v) is 6.61. The highest BCUT2D eigenvalue weighted by molar-refractivity contribution is 7.09. The summed E-state index contributed by atoms with van der Waals surface area (Å²) in [5.41, 5.74) is 0.287. The number of ether oxygens (including phenoxy) is 2. The van der Waals surface area contributed by atoms with Gasteiger partial charge in [-0.3, -0.25) is 9.69 Å². The van der Waals surface area contributed by atoms with E-state index in [1.165, 1.54) is 4.88 Å². The summed E-state index contributed by atoms with van der Waals surface area (Å²) in [7, 11) is 1.80. The van der Waals surface area contributed by atoms with E-state index in [2.05, 4.69) is 22.4 Å². The molecule has 1 amide bonds. The number of amides is 1. The minimum Gasteiger partial charge on any atom is -0.384 e. The van der Waals surface area contributed by atoms with E-state index in [-0.39, 0.29) is 17.9 Å². The molecule has 2 aliphatic heterocycles. The fourth-order valence-electron chi connectivity index (χ4n) is 4.37. The smallest absolute Gasteiger partial charge is 0.248 e. The van der Waals surface area contributed by atoms with E-state index < -0.39 is 0 Å². The fourth-order valence-corrected chi connectivity index (χ4v) is 5.11. The maximum absolute atomic E-state index is 12.2. The Hall–Kier alpha value is -0.950. The molecule has 0 radical (unpaired) electrons. The number of carbonyl (C=O) groups excluding carboxylic acids is 1. The second-order valence-corrected chi connectivity index (χ2v) is 8.31. The Morgan fingerprint density at radius 2 is 2.20 bits per heavy atom. The highest BCUT2D eigenvalue weighted by atomic mass is 32.1. The lowest BCUT2D eigenvalue weighted by Gasteiger charge is -2.42. The molecule has 2 aliphatic rings. The van der Waals surface area contributed by atoms with Crippen LogP contribution in [0.5, 0.6) is 0 Å². The molecule has 1 spiro atoms. The van der Waals surface area contributed by atoms with Crippen molar-refractivity contribution in [2.45, 2.75) is 26.3 Å². The zero-order chi connectivity index (χ0) is 17.7. The Morgan fingerprint density at radius 3 is 2.84 bits per heavy atom. The van der Waals surface area contributed by atoms with E-state index in [9.17, 15) is 4.79 Å². The van der Waals surface area contributed by atoms with Gasteiger partial charge in [0.25, 0.3) is 0 Å². The molecule has 0 aromatic carbocycles. The van der Waals surface area contributed by atoms with Gasteiger partial charge in [-0.25, -0.2) is 0 Å². The lowest BCUT2D eigenvalue weighted by molar-refractivity contribution is -0.138. The second kappa shape index (κ2) is 8.62. The topological polar surface area (TPSA) is 42.0 Å². The minimum absolute atomic E-state index is 0.133. The minimum atomic E-state index is 0.133. The average molecular weight is 367 g/mol. The summed E-state index contributed by atoms with van der Waals surface area (Å²) in [5, 5.41) is 2.15. The Morgan fingerprint density at radius 1 is 1.40 bits per heavy atom. The average Bonchev–Trinajstić information content (AvgIpc) is 3.23. The van der Waals surface area contributed by atoms with E-state index in [4.69, 9.17) is 9.47 Å². The van der Waals surface area contributed by atoms with Crippen LogP contribution in [0.4, 0.5) is 0 Å². The maximum Gasteiger partial charge on any atom is 0.248 e. The van der Waals surface area contributed by atoms with Gasteiger partial charge in [0.1, 0.15) is 6.61 Å². The van der Waals surface area contributed by atoms with Crippen molar-refractivity contribution < 1.29 is 14.3 Å². The van der Waals surface area contributed by atoms with Crippen molar-refractivity contribution in [3.8, 4) is 0 Å². The fraction of sp³-hybridized carbons (Fsp3) is 0.737. The number of hydrogen-bond acceptors (Lipinski definition) is 5. The Kier molecular flexibility index (Phi) is 6.49. The number of likely N-dealkylation sites (tertiary alicyclic amines) is 2. The van der Waals surface area contributed by atoms with Crippen molar-refractivity contribution in [1.29, 1.82) is 0 Å². The van der Waals surface area contributed by atoms with E-state index >= 15 is 0 Å². The molecule has 25 heavy (non-hydrogen) atoms. The molecule has 2 saturated heterocycles. The third kappa shape index (κ3) is 4.42. The van der Waals surface area contributed by atoms with Crippen molar-refractivity contribution in [2.24, 2.45) is 11.3 Å². The van der Waals surface area contributed by atoms with Crippen LogP contribution in [0.2, 0.25) is 0 Å². The monoisotopic (exact) mass is 366 g/mol. The first-order chi connectivity index (χ1) is 12.2. The summed E-state index contributed by atoms with van der Waals surface area (Å²) in [4.78, 5) is 18.2. The molecular formula is C19H30N2O3S. The largest absolute Gasteiger partial charge is 0.384 e. The molecule has 0 bridgehead atoms. The first-order valence-corrected chi connectivity index (χ1v) is 10.1. The molecule has 0 N–H and O–H groups in total. The summed E-state index contributed by atoms with van der Waals surface area (Å²) >= 11 is 1.83. The first kappa shape index (κ1) is 18.8. The van der Waals surface area contributed by atoms with Gasteiger partial charge in [-0.2, -0.15) is 0 Å². The van der Waals surface area contributed by atoms with Gasteiger partial charge >= 0.3 is 0 Å². The zero-order valence-corrected chi connectivity index (χ0v) is 16.2. The maximum atomic E-state index is 12.2. The molecule has 2 fully saturated rings. The summed E-state index contributed by atoms with van der Waals surface area (Å²) in [6.45, 7) is 8.49. The van der Waals surface area contributed by atoms with Crippen LogP contribution in [0.3, 0.4) is 0 Å². The Balaban J connectivity index is 1.60. The van der Waals surface area contributed by atoms with Crippen LogP contribution in [0.15, 0.2) is 17.5 Å². The van der Waals surface area contributed by atoms with Crippen LogP contribution in [0.25, 0.3) is 0 Å². The molecule has 0 saturated carbocycles. The van der Waals surface area contributed by atoms with E-state index in [0.717, 1.165) is 52.2 Å². The van der Waals surface area contributed by atoms with Gasteiger partial charge in [-0.1, -0.05) is 6.07 Å². The van der Waals surface area contributed by atoms with Crippen LogP contribution in [-0.4, -0.2) is 68.8 Å². The van der Waals surface area contributed by atoms with Crippen LogP contribution in [0.1, 0.15) is 24.6 Å². The van der Waals surface area contributed by atoms with E-state index in [1.54, 1.807) is 7.11 Å². The quantitative estimate of drug-likeness (QED) is 0.743. The second-order valence-electron chi connectivity index (χ2n) is 7.28. The van der Waals surface area contributed by atoms with Crippen molar-refractivity contribution in [2.75, 3.05) is 53.1 Å². The number of hydrogen-bond donors (Lipinski definition) is 0. The molecule has 3 rings (SSSR count). The molecule has 6 heteroatoms. The molecule has 3 heterocycles. The van der Waals surface area contributed by atoms with Gasteiger partial charge in [0.15, 0.2) is 0 Å². The molecule has 5 nitrogen and oxygen atoms in total. The highest BCUT2D eigenvalue weighted by Gasteiger charge is 2.48. The lowest BCUT2D eigenvalue weighted by Crippen LogP contribution is -2.48.